The van der Waals surface area contributed by atoms with E-state index < -0.39 is 6.10 Å². The summed E-state index contributed by atoms with van der Waals surface area (Å²) in [5.74, 6) is 1.38. The van der Waals surface area contributed by atoms with E-state index in [-0.39, 0.29) is 11.7 Å². The monoisotopic (exact) mass is 395 g/mol. The molecule has 0 aliphatic heterocycles. The summed E-state index contributed by atoms with van der Waals surface area (Å²) in [6.45, 7) is 4.40. The summed E-state index contributed by atoms with van der Waals surface area (Å²) in [7, 11) is 0. The Bertz CT molecular complexity index is 704. The highest BCUT2D eigenvalue weighted by molar-refractivity contribution is 7.98. The molecular formula is C20H23ClFNO2S. The van der Waals surface area contributed by atoms with Gasteiger partial charge in [-0.3, -0.25) is 4.79 Å². The summed E-state index contributed by atoms with van der Waals surface area (Å²) in [5.41, 5.74) is 1.64. The van der Waals surface area contributed by atoms with E-state index in [9.17, 15) is 9.18 Å². The van der Waals surface area contributed by atoms with E-state index in [0.717, 1.165) is 5.56 Å². The molecule has 0 spiro atoms. The molecule has 0 aromatic heterocycles. The maximum absolute atomic E-state index is 13.7. The molecule has 26 heavy (non-hydrogen) atoms. The van der Waals surface area contributed by atoms with Gasteiger partial charge >= 0.3 is 0 Å². The molecule has 0 unspecified atom stereocenters. The van der Waals surface area contributed by atoms with Crippen LogP contribution in [0.5, 0.6) is 5.75 Å². The molecule has 1 atom stereocenters. The van der Waals surface area contributed by atoms with Crippen LogP contribution < -0.4 is 10.1 Å². The molecule has 0 saturated carbocycles. The van der Waals surface area contributed by atoms with Gasteiger partial charge in [-0.05, 0) is 37.6 Å². The Morgan fingerprint density at radius 3 is 2.65 bits per heavy atom. The Labute approximate surface area is 163 Å². The van der Waals surface area contributed by atoms with Gasteiger partial charge in [-0.25, -0.2) is 4.39 Å². The first-order valence-corrected chi connectivity index (χ1v) is 10.1. The quantitative estimate of drug-likeness (QED) is 0.607. The summed E-state index contributed by atoms with van der Waals surface area (Å²) in [4.78, 5) is 12.3. The molecule has 1 N–H and O–H groups in total. The second-order valence-electron chi connectivity index (χ2n) is 5.87. The molecule has 0 saturated heterocycles. The molecule has 0 heterocycles. The normalized spacial score (nSPS) is 11.8. The number of thioether (sulfide) groups is 1. The zero-order valence-electron chi connectivity index (χ0n) is 14.9. The molecule has 0 radical (unpaired) electrons. The van der Waals surface area contributed by atoms with Gasteiger partial charge in [-0.1, -0.05) is 42.3 Å². The number of amides is 1. The van der Waals surface area contributed by atoms with Crippen LogP contribution in [0.15, 0.2) is 42.5 Å². The lowest BCUT2D eigenvalue weighted by Gasteiger charge is -2.17. The molecule has 3 nitrogen and oxygen atoms in total. The van der Waals surface area contributed by atoms with Crippen molar-refractivity contribution in [2.75, 3.05) is 12.3 Å². The van der Waals surface area contributed by atoms with E-state index in [0.29, 0.717) is 40.8 Å². The van der Waals surface area contributed by atoms with Crippen molar-refractivity contribution in [3.63, 3.8) is 0 Å². The summed E-state index contributed by atoms with van der Waals surface area (Å²) in [6, 6.07) is 12.3. The molecule has 1 amide bonds. The molecule has 0 aliphatic carbocycles. The van der Waals surface area contributed by atoms with Gasteiger partial charge in [0.05, 0.1) is 0 Å². The Kier molecular flexibility index (Phi) is 8.26. The number of hydrogen-bond donors (Lipinski definition) is 1. The van der Waals surface area contributed by atoms with Crippen LogP contribution in [0, 0.1) is 12.7 Å². The first kappa shape index (κ1) is 20.6. The van der Waals surface area contributed by atoms with Crippen molar-refractivity contribution in [1.29, 1.82) is 0 Å². The highest BCUT2D eigenvalue weighted by Gasteiger charge is 2.17. The van der Waals surface area contributed by atoms with Gasteiger partial charge in [0.2, 0.25) is 0 Å². The number of carbonyl (C=O) groups excluding carboxylic acids is 1. The van der Waals surface area contributed by atoms with Crippen molar-refractivity contribution in [3.05, 3.63) is 64.4 Å². The van der Waals surface area contributed by atoms with Gasteiger partial charge < -0.3 is 10.1 Å². The lowest BCUT2D eigenvalue weighted by atomic mass is 10.2. The smallest absolute Gasteiger partial charge is 0.261 e. The highest BCUT2D eigenvalue weighted by atomic mass is 35.5. The third-order valence-corrected chi connectivity index (χ3v) is 5.16. The molecular weight excluding hydrogens is 373 g/mol. The average Bonchev–Trinajstić information content (AvgIpc) is 2.63. The fourth-order valence-electron chi connectivity index (χ4n) is 2.31. The number of aryl methyl sites for hydroxylation is 1. The first-order valence-electron chi connectivity index (χ1n) is 8.53. The summed E-state index contributed by atoms with van der Waals surface area (Å²) < 4.78 is 19.4. The van der Waals surface area contributed by atoms with Crippen molar-refractivity contribution in [3.8, 4) is 5.75 Å². The number of hydrogen-bond acceptors (Lipinski definition) is 3. The molecule has 140 valence electrons. The fourth-order valence-corrected chi connectivity index (χ4v) is 3.51. The van der Waals surface area contributed by atoms with Gasteiger partial charge in [0.15, 0.2) is 6.10 Å². The van der Waals surface area contributed by atoms with Gasteiger partial charge in [0.1, 0.15) is 11.6 Å². The van der Waals surface area contributed by atoms with E-state index in [1.807, 2.05) is 38.1 Å². The van der Waals surface area contributed by atoms with Crippen LogP contribution in [0.1, 0.15) is 24.5 Å². The number of benzene rings is 2. The lowest BCUT2D eigenvalue weighted by Crippen LogP contribution is -2.39. The third-order valence-electron chi connectivity index (χ3n) is 3.82. The van der Waals surface area contributed by atoms with Crippen LogP contribution in [0.2, 0.25) is 5.02 Å². The highest BCUT2D eigenvalue weighted by Crippen LogP contribution is 2.23. The largest absolute Gasteiger partial charge is 0.481 e. The maximum atomic E-state index is 13.7. The summed E-state index contributed by atoms with van der Waals surface area (Å²) >= 11 is 7.52. The van der Waals surface area contributed by atoms with E-state index in [2.05, 4.69) is 5.32 Å². The van der Waals surface area contributed by atoms with Gasteiger partial charge in [0.25, 0.3) is 5.91 Å². The van der Waals surface area contributed by atoms with Crippen molar-refractivity contribution in [2.24, 2.45) is 0 Å². The maximum Gasteiger partial charge on any atom is 0.261 e. The minimum atomic E-state index is -0.524. The van der Waals surface area contributed by atoms with E-state index >= 15 is 0 Å². The van der Waals surface area contributed by atoms with E-state index in [1.54, 1.807) is 12.1 Å². The minimum Gasteiger partial charge on any atom is -0.481 e. The zero-order chi connectivity index (χ0) is 18.9. The standard InChI is InChI=1S/C20H23ClFNO2S/c1-3-19(25-15-9-7-14(2)8-10-15)20(24)23-11-12-26-13-16-17(21)5-4-6-18(16)22/h4-10,19H,3,11-13H2,1-2H3,(H,23,24)/t19-/m1/s1. The van der Waals surface area contributed by atoms with Crippen molar-refractivity contribution in [1.82, 2.24) is 5.32 Å². The topological polar surface area (TPSA) is 38.3 Å². The molecule has 6 heteroatoms. The van der Waals surface area contributed by atoms with E-state index in [4.69, 9.17) is 16.3 Å². The number of carbonyl (C=O) groups is 1. The minimum absolute atomic E-state index is 0.141. The SMILES string of the molecule is CC[C@@H](Oc1ccc(C)cc1)C(=O)NCCSCc1c(F)cccc1Cl. The molecule has 0 bridgehead atoms. The van der Waals surface area contributed by atoms with Crippen molar-refractivity contribution < 1.29 is 13.9 Å². The third kappa shape index (κ3) is 6.22. The first-order chi connectivity index (χ1) is 12.5. The molecule has 2 rings (SSSR count). The van der Waals surface area contributed by atoms with Gasteiger partial charge in [-0.2, -0.15) is 11.8 Å². The Balaban J connectivity index is 1.73. The zero-order valence-corrected chi connectivity index (χ0v) is 16.5. The van der Waals surface area contributed by atoms with Gasteiger partial charge in [-0.15, -0.1) is 0 Å². The second-order valence-corrected chi connectivity index (χ2v) is 7.38. The van der Waals surface area contributed by atoms with Crippen LogP contribution in [0.25, 0.3) is 0 Å². The average molecular weight is 396 g/mol. The lowest BCUT2D eigenvalue weighted by molar-refractivity contribution is -0.127. The van der Waals surface area contributed by atoms with Crippen LogP contribution in [0.3, 0.4) is 0 Å². The fraction of sp³-hybridized carbons (Fsp3) is 0.350. The predicted molar refractivity (Wildman–Crippen MR) is 106 cm³/mol. The number of rotatable bonds is 9. The Morgan fingerprint density at radius 1 is 1.27 bits per heavy atom. The van der Waals surface area contributed by atoms with Crippen LogP contribution in [-0.4, -0.2) is 24.3 Å². The number of halogens is 2. The Morgan fingerprint density at radius 2 is 2.00 bits per heavy atom. The molecule has 2 aromatic carbocycles. The van der Waals surface area contributed by atoms with Crippen molar-refractivity contribution in [2.45, 2.75) is 32.1 Å². The molecule has 0 fully saturated rings. The van der Waals surface area contributed by atoms with Crippen molar-refractivity contribution >= 4 is 29.3 Å². The van der Waals surface area contributed by atoms with Crippen LogP contribution in [0.4, 0.5) is 4.39 Å². The van der Waals surface area contributed by atoms with E-state index in [1.165, 1.54) is 17.8 Å². The Hall–Kier alpha value is -1.72. The van der Waals surface area contributed by atoms with Crippen LogP contribution >= 0.6 is 23.4 Å². The molecule has 0 aliphatic rings. The molecule has 2 aromatic rings. The van der Waals surface area contributed by atoms with Gasteiger partial charge in [0, 0.05) is 28.6 Å². The second kappa shape index (κ2) is 10.4. The van der Waals surface area contributed by atoms with Crippen LogP contribution in [-0.2, 0) is 10.5 Å². The summed E-state index contributed by atoms with van der Waals surface area (Å²) in [6.07, 6.45) is 0.0567. The number of ether oxygens (including phenoxy) is 1. The number of nitrogens with one attached hydrogen (secondary N) is 1. The summed E-state index contributed by atoms with van der Waals surface area (Å²) in [5, 5.41) is 3.30. The predicted octanol–water partition coefficient (Wildman–Crippen LogP) is 4.99.